The predicted molar refractivity (Wildman–Crippen MR) is 213 cm³/mol. The first-order valence-corrected chi connectivity index (χ1v) is 17.2. The zero-order valence-electron chi connectivity index (χ0n) is 28.2. The first-order valence-electron chi connectivity index (χ1n) is 17.2. The molecule has 0 unspecified atom stereocenters. The maximum Gasteiger partial charge on any atom is 0.138 e. The molecule has 9 rings (SSSR count). The number of fused-ring (bicyclic) bond motifs is 2. The summed E-state index contributed by atoms with van der Waals surface area (Å²) in [5.41, 5.74) is 6.51. The van der Waals surface area contributed by atoms with E-state index in [4.69, 9.17) is 19.9 Å². The summed E-state index contributed by atoms with van der Waals surface area (Å²) in [5.74, 6) is 3.17. The van der Waals surface area contributed by atoms with Crippen LogP contribution in [0.1, 0.15) is 0 Å². The van der Waals surface area contributed by atoms with Crippen molar-refractivity contribution >= 4 is 56.2 Å². The molecule has 246 valence electrons. The number of rotatable bonds is 8. The molecule has 0 saturated heterocycles. The highest BCUT2D eigenvalue weighted by Crippen LogP contribution is 2.47. The summed E-state index contributed by atoms with van der Waals surface area (Å²) in [6, 6.07) is 58.6. The summed E-state index contributed by atoms with van der Waals surface area (Å²) in [6.07, 6.45) is 7.28. The summed E-state index contributed by atoms with van der Waals surface area (Å²) in [6.45, 7) is 0. The third kappa shape index (κ3) is 5.68. The van der Waals surface area contributed by atoms with Gasteiger partial charge in [-0.15, -0.1) is 0 Å². The second kappa shape index (κ2) is 13.6. The zero-order valence-corrected chi connectivity index (χ0v) is 28.2. The van der Waals surface area contributed by atoms with Crippen LogP contribution in [-0.4, -0.2) is 19.9 Å². The van der Waals surface area contributed by atoms with Gasteiger partial charge in [-0.1, -0.05) is 97.1 Å². The minimum absolute atomic E-state index is 0.791. The molecule has 4 heterocycles. The summed E-state index contributed by atoms with van der Waals surface area (Å²) >= 11 is 0. The largest absolute Gasteiger partial charge is 0.279 e. The number of hydrogen-bond acceptors (Lipinski definition) is 6. The van der Waals surface area contributed by atoms with Gasteiger partial charge >= 0.3 is 0 Å². The van der Waals surface area contributed by atoms with Gasteiger partial charge in [-0.3, -0.25) is 9.80 Å². The van der Waals surface area contributed by atoms with Gasteiger partial charge in [-0.05, 0) is 117 Å². The van der Waals surface area contributed by atoms with Crippen LogP contribution in [0.15, 0.2) is 195 Å². The Bertz CT molecular complexity index is 2340. The van der Waals surface area contributed by atoms with Gasteiger partial charge in [0.15, 0.2) is 0 Å². The lowest BCUT2D eigenvalue weighted by atomic mass is 9.85. The molecular formula is C46H32N6. The number of benzene rings is 5. The molecule has 6 heteroatoms. The normalized spacial score (nSPS) is 11.1. The lowest BCUT2D eigenvalue weighted by molar-refractivity contribution is 1.13. The lowest BCUT2D eigenvalue weighted by Crippen LogP contribution is -2.13. The average molecular weight is 669 g/mol. The molecule has 0 bridgehead atoms. The van der Waals surface area contributed by atoms with Crippen LogP contribution >= 0.6 is 0 Å². The smallest absolute Gasteiger partial charge is 0.138 e. The third-order valence-electron chi connectivity index (χ3n) is 9.24. The van der Waals surface area contributed by atoms with Gasteiger partial charge in [0.05, 0.1) is 0 Å². The molecule has 0 atom stereocenters. The molecule has 0 amide bonds. The number of hydrogen-bond donors (Lipinski definition) is 0. The van der Waals surface area contributed by atoms with Crippen molar-refractivity contribution in [3.8, 4) is 22.3 Å². The van der Waals surface area contributed by atoms with E-state index < -0.39 is 0 Å². The molecule has 0 fully saturated rings. The molecule has 52 heavy (non-hydrogen) atoms. The topological polar surface area (TPSA) is 58.0 Å². The standard InChI is InChI=1S/C46H32N6/c1-3-15-33(16-4-1)45-37-25-23-36(52(43-21-9-13-29-49-43)44-22-10-14-30-50-44)32-40(37)46(34-17-5-2-6-18-34)38-26-24-35(31-39(38)45)51(41-19-7-11-27-47-41)42-20-8-12-28-48-42/h1-32H. The second-order valence-corrected chi connectivity index (χ2v) is 12.4. The van der Waals surface area contributed by atoms with E-state index in [1.165, 1.54) is 0 Å². The lowest BCUT2D eigenvalue weighted by Gasteiger charge is -2.26. The second-order valence-electron chi connectivity index (χ2n) is 12.4. The first-order chi connectivity index (χ1) is 25.8. The van der Waals surface area contributed by atoms with Crippen LogP contribution < -0.4 is 9.80 Å². The number of anilines is 6. The zero-order chi connectivity index (χ0) is 34.7. The summed E-state index contributed by atoms with van der Waals surface area (Å²) in [4.78, 5) is 23.2. The molecule has 0 spiro atoms. The number of nitrogens with zero attached hydrogens (tertiary/aromatic N) is 6. The molecule has 0 radical (unpaired) electrons. The van der Waals surface area contributed by atoms with Crippen LogP contribution in [0.25, 0.3) is 43.8 Å². The fourth-order valence-corrected chi connectivity index (χ4v) is 7.02. The summed E-state index contributed by atoms with van der Waals surface area (Å²) in [7, 11) is 0. The highest BCUT2D eigenvalue weighted by molar-refractivity contribution is 6.22. The molecule has 9 aromatic rings. The van der Waals surface area contributed by atoms with Crippen molar-refractivity contribution in [1.29, 1.82) is 0 Å². The Labute approximate surface area is 302 Å². The van der Waals surface area contributed by atoms with Gasteiger partial charge in [-0.2, -0.15) is 0 Å². The molecule has 4 aromatic heterocycles. The van der Waals surface area contributed by atoms with Crippen LogP contribution in [0, 0.1) is 0 Å². The average Bonchev–Trinajstić information content (AvgIpc) is 3.22. The highest BCUT2D eigenvalue weighted by atomic mass is 15.2. The highest BCUT2D eigenvalue weighted by Gasteiger charge is 2.22. The SMILES string of the molecule is c1ccc(-c2c3ccc(N(c4ccccn4)c4ccccn4)cc3c(-c3ccccc3)c3ccc(N(c4ccccn4)c4ccccn4)cc23)cc1. The van der Waals surface area contributed by atoms with Crippen LogP contribution in [0.3, 0.4) is 0 Å². The van der Waals surface area contributed by atoms with E-state index in [0.717, 1.165) is 78.4 Å². The van der Waals surface area contributed by atoms with E-state index in [0.29, 0.717) is 0 Å². The Morgan fingerprint density at radius 3 is 0.923 bits per heavy atom. The van der Waals surface area contributed by atoms with E-state index >= 15 is 0 Å². The minimum atomic E-state index is 0.791. The van der Waals surface area contributed by atoms with Gasteiger partial charge < -0.3 is 0 Å². The van der Waals surface area contributed by atoms with Gasteiger partial charge in [0.1, 0.15) is 23.3 Å². The Morgan fingerprint density at radius 2 is 0.615 bits per heavy atom. The molecule has 0 aliphatic rings. The predicted octanol–water partition coefficient (Wildman–Crippen LogP) is 11.8. The molecule has 0 aliphatic carbocycles. The Kier molecular flexibility index (Phi) is 8.08. The molecule has 6 nitrogen and oxygen atoms in total. The van der Waals surface area contributed by atoms with Crippen LogP contribution in [0.4, 0.5) is 34.6 Å². The van der Waals surface area contributed by atoms with E-state index in [9.17, 15) is 0 Å². The molecule has 0 N–H and O–H groups in total. The first kappa shape index (κ1) is 30.8. The van der Waals surface area contributed by atoms with E-state index in [-0.39, 0.29) is 0 Å². The van der Waals surface area contributed by atoms with Crippen LogP contribution in [0.2, 0.25) is 0 Å². The van der Waals surface area contributed by atoms with E-state index in [1.54, 1.807) is 0 Å². The van der Waals surface area contributed by atoms with Crippen molar-refractivity contribution in [3.05, 3.63) is 195 Å². The number of aromatic nitrogens is 4. The van der Waals surface area contributed by atoms with Gasteiger partial charge in [0.2, 0.25) is 0 Å². The molecule has 0 aliphatic heterocycles. The van der Waals surface area contributed by atoms with Crippen LogP contribution in [0.5, 0.6) is 0 Å². The van der Waals surface area contributed by atoms with Crippen molar-refractivity contribution in [2.24, 2.45) is 0 Å². The number of pyridine rings is 4. The van der Waals surface area contributed by atoms with Gasteiger partial charge in [0, 0.05) is 36.2 Å². The summed E-state index contributed by atoms with van der Waals surface area (Å²) in [5, 5.41) is 4.54. The third-order valence-corrected chi connectivity index (χ3v) is 9.24. The van der Waals surface area contributed by atoms with Gasteiger partial charge in [-0.25, -0.2) is 19.9 Å². The quantitative estimate of drug-likeness (QED) is 0.150. The van der Waals surface area contributed by atoms with E-state index in [2.05, 4.69) is 107 Å². The van der Waals surface area contributed by atoms with E-state index in [1.807, 2.05) is 97.6 Å². The van der Waals surface area contributed by atoms with Crippen molar-refractivity contribution in [1.82, 2.24) is 19.9 Å². The monoisotopic (exact) mass is 668 g/mol. The van der Waals surface area contributed by atoms with Crippen molar-refractivity contribution < 1.29 is 0 Å². The van der Waals surface area contributed by atoms with Crippen molar-refractivity contribution in [3.63, 3.8) is 0 Å². The van der Waals surface area contributed by atoms with Crippen molar-refractivity contribution in [2.75, 3.05) is 9.80 Å². The minimum Gasteiger partial charge on any atom is -0.279 e. The fraction of sp³-hybridized carbons (Fsp3) is 0. The van der Waals surface area contributed by atoms with Crippen molar-refractivity contribution in [2.45, 2.75) is 0 Å². The fourth-order valence-electron chi connectivity index (χ4n) is 7.02. The maximum absolute atomic E-state index is 4.75. The Balaban J connectivity index is 1.37. The molecular weight excluding hydrogens is 637 g/mol. The summed E-state index contributed by atoms with van der Waals surface area (Å²) < 4.78 is 0. The molecule has 0 saturated carbocycles. The van der Waals surface area contributed by atoms with Crippen LogP contribution in [-0.2, 0) is 0 Å². The molecule has 5 aromatic carbocycles. The maximum atomic E-state index is 4.75. The Hall–Kier alpha value is -7.18. The Morgan fingerprint density at radius 1 is 0.288 bits per heavy atom. The van der Waals surface area contributed by atoms with Gasteiger partial charge in [0.25, 0.3) is 0 Å².